The van der Waals surface area contributed by atoms with E-state index in [1.807, 2.05) is 11.8 Å². The van der Waals surface area contributed by atoms with Crippen molar-refractivity contribution in [2.45, 2.75) is 39.7 Å². The maximum Gasteiger partial charge on any atom is 0.239 e. The molecule has 0 aliphatic heterocycles. The summed E-state index contributed by atoms with van der Waals surface area (Å²) in [6, 6.07) is -0.427. The first kappa shape index (κ1) is 15.4. The summed E-state index contributed by atoms with van der Waals surface area (Å²) in [5, 5.41) is 0. The van der Waals surface area contributed by atoms with E-state index < -0.39 is 6.04 Å². The Bertz CT molecular complexity index is 197. The van der Waals surface area contributed by atoms with Gasteiger partial charge in [0.25, 0.3) is 0 Å². The predicted molar refractivity (Wildman–Crippen MR) is 66.2 cm³/mol. The molecule has 0 aromatic carbocycles. The lowest BCUT2D eigenvalue weighted by molar-refractivity contribution is -0.133. The second kappa shape index (κ2) is 8.53. The van der Waals surface area contributed by atoms with Gasteiger partial charge < -0.3 is 15.4 Å². The minimum atomic E-state index is -0.427. The van der Waals surface area contributed by atoms with Gasteiger partial charge in [-0.05, 0) is 19.3 Å². The fraction of sp³-hybridized carbons (Fsp3) is 0.917. The Labute approximate surface area is 99.1 Å². The van der Waals surface area contributed by atoms with Crippen LogP contribution in [-0.2, 0) is 9.53 Å². The molecule has 2 N–H and O–H groups in total. The van der Waals surface area contributed by atoms with Gasteiger partial charge in [-0.3, -0.25) is 4.79 Å². The molecular formula is C12H26N2O2. The smallest absolute Gasteiger partial charge is 0.239 e. The minimum absolute atomic E-state index is 0.0415. The van der Waals surface area contributed by atoms with Crippen LogP contribution in [0.1, 0.15) is 33.6 Å². The lowest BCUT2D eigenvalue weighted by Crippen LogP contribution is -2.45. The topological polar surface area (TPSA) is 55.6 Å². The van der Waals surface area contributed by atoms with E-state index in [9.17, 15) is 4.79 Å². The van der Waals surface area contributed by atoms with Crippen LogP contribution < -0.4 is 5.73 Å². The molecule has 4 heteroatoms. The summed E-state index contributed by atoms with van der Waals surface area (Å²) in [5.41, 5.74) is 5.83. The van der Waals surface area contributed by atoms with Gasteiger partial charge in [0.15, 0.2) is 0 Å². The number of carbonyl (C=O) groups is 1. The minimum Gasteiger partial charge on any atom is -0.385 e. The van der Waals surface area contributed by atoms with Crippen LogP contribution in [0.25, 0.3) is 0 Å². The van der Waals surface area contributed by atoms with E-state index >= 15 is 0 Å². The zero-order valence-electron chi connectivity index (χ0n) is 11.0. The van der Waals surface area contributed by atoms with E-state index in [0.29, 0.717) is 18.9 Å². The second-order valence-corrected chi connectivity index (χ2v) is 4.28. The molecule has 0 aromatic rings. The molecule has 0 heterocycles. The van der Waals surface area contributed by atoms with Crippen molar-refractivity contribution in [2.75, 3.05) is 26.8 Å². The number of nitrogens with two attached hydrogens (primary N) is 1. The number of carbonyl (C=O) groups excluding carboxylic acids is 1. The summed E-state index contributed by atoms with van der Waals surface area (Å²) in [5.74, 6) is 0.568. The zero-order valence-corrected chi connectivity index (χ0v) is 11.0. The number of rotatable bonds is 8. The first-order chi connectivity index (χ1) is 7.56. The summed E-state index contributed by atoms with van der Waals surface area (Å²) in [6.45, 7) is 8.33. The maximum atomic E-state index is 12.0. The van der Waals surface area contributed by atoms with Crippen molar-refractivity contribution in [3.05, 3.63) is 0 Å². The van der Waals surface area contributed by atoms with E-state index in [2.05, 4.69) is 13.8 Å². The largest absolute Gasteiger partial charge is 0.385 e. The van der Waals surface area contributed by atoms with Crippen molar-refractivity contribution in [2.24, 2.45) is 11.7 Å². The van der Waals surface area contributed by atoms with Crippen LogP contribution in [-0.4, -0.2) is 43.7 Å². The van der Waals surface area contributed by atoms with E-state index in [1.165, 1.54) is 0 Å². The molecule has 0 spiro atoms. The van der Waals surface area contributed by atoms with Crippen molar-refractivity contribution >= 4 is 5.91 Å². The van der Waals surface area contributed by atoms with Crippen LogP contribution in [0.5, 0.6) is 0 Å². The van der Waals surface area contributed by atoms with E-state index in [1.54, 1.807) is 7.11 Å². The Morgan fingerprint density at radius 1 is 1.44 bits per heavy atom. The van der Waals surface area contributed by atoms with Gasteiger partial charge in [-0.25, -0.2) is 0 Å². The summed E-state index contributed by atoms with van der Waals surface area (Å²) < 4.78 is 4.93. The summed E-state index contributed by atoms with van der Waals surface area (Å²) in [4.78, 5) is 13.8. The Balaban J connectivity index is 4.18. The number of hydrogen-bond donors (Lipinski definition) is 1. The summed E-state index contributed by atoms with van der Waals surface area (Å²) >= 11 is 0. The normalized spacial score (nSPS) is 14.6. The number of likely N-dealkylation sites (N-methyl/N-ethyl adjacent to an activating group) is 1. The van der Waals surface area contributed by atoms with Crippen LogP contribution >= 0.6 is 0 Å². The van der Waals surface area contributed by atoms with E-state index in [0.717, 1.165) is 19.5 Å². The molecule has 0 saturated heterocycles. The molecule has 0 radical (unpaired) electrons. The molecule has 1 amide bonds. The van der Waals surface area contributed by atoms with Gasteiger partial charge in [-0.1, -0.05) is 20.3 Å². The van der Waals surface area contributed by atoms with Crippen LogP contribution in [0.4, 0.5) is 0 Å². The highest BCUT2D eigenvalue weighted by Gasteiger charge is 2.20. The highest BCUT2D eigenvalue weighted by molar-refractivity contribution is 5.81. The van der Waals surface area contributed by atoms with Crippen molar-refractivity contribution in [1.82, 2.24) is 4.90 Å². The molecule has 96 valence electrons. The third kappa shape index (κ3) is 5.47. The molecule has 0 bridgehead atoms. The van der Waals surface area contributed by atoms with E-state index in [4.69, 9.17) is 10.5 Å². The molecule has 2 atom stereocenters. The van der Waals surface area contributed by atoms with Gasteiger partial charge in [-0.15, -0.1) is 0 Å². The Morgan fingerprint density at radius 2 is 2.06 bits per heavy atom. The first-order valence-electron chi connectivity index (χ1n) is 6.10. The van der Waals surface area contributed by atoms with Crippen molar-refractivity contribution < 1.29 is 9.53 Å². The van der Waals surface area contributed by atoms with Crippen molar-refractivity contribution in [3.8, 4) is 0 Å². The summed E-state index contributed by atoms with van der Waals surface area (Å²) in [6.07, 6.45) is 1.67. The number of nitrogens with zero attached hydrogens (tertiary/aromatic N) is 1. The SMILES string of the molecule is CCC(C)CN(CC)C(=O)C(N)CCOC. The summed E-state index contributed by atoms with van der Waals surface area (Å²) in [7, 11) is 1.62. The lowest BCUT2D eigenvalue weighted by atomic mass is 10.1. The first-order valence-corrected chi connectivity index (χ1v) is 6.10. The monoisotopic (exact) mass is 230 g/mol. The van der Waals surface area contributed by atoms with Crippen LogP contribution in [0, 0.1) is 5.92 Å². The molecule has 16 heavy (non-hydrogen) atoms. The molecular weight excluding hydrogens is 204 g/mol. The van der Waals surface area contributed by atoms with Gasteiger partial charge in [0.1, 0.15) is 0 Å². The Morgan fingerprint density at radius 3 is 2.50 bits per heavy atom. The quantitative estimate of drug-likeness (QED) is 0.682. The standard InChI is InChI=1S/C12H26N2O2/c1-5-10(3)9-14(6-2)12(15)11(13)7-8-16-4/h10-11H,5-9,13H2,1-4H3. The number of ether oxygens (including phenoxy) is 1. The van der Waals surface area contributed by atoms with Gasteiger partial charge in [0, 0.05) is 26.8 Å². The Kier molecular flexibility index (Phi) is 8.21. The van der Waals surface area contributed by atoms with Gasteiger partial charge in [0.2, 0.25) is 5.91 Å². The molecule has 0 rings (SSSR count). The highest BCUT2D eigenvalue weighted by atomic mass is 16.5. The van der Waals surface area contributed by atoms with E-state index in [-0.39, 0.29) is 5.91 Å². The highest BCUT2D eigenvalue weighted by Crippen LogP contribution is 2.06. The average molecular weight is 230 g/mol. The average Bonchev–Trinajstić information content (AvgIpc) is 2.31. The van der Waals surface area contributed by atoms with Crippen molar-refractivity contribution in [1.29, 1.82) is 0 Å². The molecule has 0 aliphatic carbocycles. The van der Waals surface area contributed by atoms with Crippen molar-refractivity contribution in [3.63, 3.8) is 0 Å². The molecule has 4 nitrogen and oxygen atoms in total. The van der Waals surface area contributed by atoms with Gasteiger partial charge >= 0.3 is 0 Å². The van der Waals surface area contributed by atoms with Gasteiger partial charge in [0.05, 0.1) is 6.04 Å². The maximum absolute atomic E-state index is 12.0. The lowest BCUT2D eigenvalue weighted by Gasteiger charge is -2.26. The van der Waals surface area contributed by atoms with Crippen LogP contribution in [0.3, 0.4) is 0 Å². The van der Waals surface area contributed by atoms with Gasteiger partial charge in [-0.2, -0.15) is 0 Å². The predicted octanol–water partition coefficient (Wildman–Crippen LogP) is 1.24. The molecule has 0 fully saturated rings. The number of amides is 1. The fourth-order valence-electron chi connectivity index (χ4n) is 1.48. The number of methoxy groups -OCH3 is 1. The Hall–Kier alpha value is -0.610. The third-order valence-corrected chi connectivity index (χ3v) is 2.87. The third-order valence-electron chi connectivity index (χ3n) is 2.87. The molecule has 0 saturated carbocycles. The second-order valence-electron chi connectivity index (χ2n) is 4.28. The molecule has 0 aromatic heterocycles. The van der Waals surface area contributed by atoms with Crippen LogP contribution in [0.2, 0.25) is 0 Å². The number of hydrogen-bond acceptors (Lipinski definition) is 3. The zero-order chi connectivity index (χ0) is 12.6. The molecule has 2 unspecified atom stereocenters. The fourth-order valence-corrected chi connectivity index (χ4v) is 1.48. The molecule has 0 aliphatic rings. The van der Waals surface area contributed by atoms with Crippen LogP contribution in [0.15, 0.2) is 0 Å².